The summed E-state index contributed by atoms with van der Waals surface area (Å²) in [4.78, 5) is 0. The molecular formula is C43H46Cl4Zr-4. The molecule has 48 heavy (non-hydrogen) atoms. The van der Waals surface area contributed by atoms with Crippen LogP contribution in [0, 0.1) is 12.0 Å². The molecule has 0 N–H and O–H groups in total. The molecule has 0 aromatic heterocycles. The molecule has 5 heteroatoms. The first-order valence-electron chi connectivity index (χ1n) is 16.0. The zero-order valence-electron chi connectivity index (χ0n) is 29.5. The fourth-order valence-corrected chi connectivity index (χ4v) is 7.63. The maximum atomic E-state index is 5.84. The van der Waals surface area contributed by atoms with Gasteiger partial charge in [0.05, 0.1) is 0 Å². The molecule has 5 aromatic carbocycles. The van der Waals surface area contributed by atoms with Gasteiger partial charge in [-0.25, -0.2) is 11.1 Å². The van der Waals surface area contributed by atoms with Gasteiger partial charge in [0, 0.05) is 0 Å². The summed E-state index contributed by atoms with van der Waals surface area (Å²) >= 11 is 11.0. The van der Waals surface area contributed by atoms with E-state index in [1.54, 1.807) is 0 Å². The van der Waals surface area contributed by atoms with E-state index in [1.807, 2.05) is 24.3 Å². The van der Waals surface area contributed by atoms with Gasteiger partial charge in [0.1, 0.15) is 0 Å². The smallest absolute Gasteiger partial charge is 1.00 e. The van der Waals surface area contributed by atoms with Crippen molar-refractivity contribution < 1.29 is 47.1 Å². The summed E-state index contributed by atoms with van der Waals surface area (Å²) in [5, 5.41) is 7.06. The average molecular weight is 796 g/mol. The molecule has 0 radical (unpaired) electrons. The molecule has 0 nitrogen and oxygen atoms in total. The molecule has 1 atom stereocenters. The van der Waals surface area contributed by atoms with Crippen molar-refractivity contribution in [2.24, 2.45) is 5.92 Å². The Kier molecular flexibility index (Phi) is 16.1. The van der Waals surface area contributed by atoms with Gasteiger partial charge in [0.15, 0.2) is 0 Å². The van der Waals surface area contributed by atoms with Crippen molar-refractivity contribution >= 4 is 52.2 Å². The largest absolute Gasteiger partial charge is 1.00 e. The Hall–Kier alpha value is -1.99. The van der Waals surface area contributed by atoms with Gasteiger partial charge in [0.2, 0.25) is 0 Å². The van der Waals surface area contributed by atoms with Gasteiger partial charge in [-0.05, 0) is 10.8 Å². The van der Waals surface area contributed by atoms with Crippen LogP contribution in [-0.2, 0) is 33.1 Å². The Bertz CT molecular complexity index is 1780. The van der Waals surface area contributed by atoms with E-state index in [0.29, 0.717) is 5.92 Å². The Morgan fingerprint density at radius 3 is 1.33 bits per heavy atom. The summed E-state index contributed by atoms with van der Waals surface area (Å²) in [6.45, 7) is 20.1. The first-order valence-corrected chi connectivity index (χ1v) is 19.6. The summed E-state index contributed by atoms with van der Waals surface area (Å²) in [5.74, 6) is 0.551. The van der Waals surface area contributed by atoms with Crippen molar-refractivity contribution in [2.75, 3.05) is 0 Å². The van der Waals surface area contributed by atoms with Crippen molar-refractivity contribution in [3.05, 3.63) is 147 Å². The predicted molar refractivity (Wildman–Crippen MR) is 203 cm³/mol. The number of fused-ring (bicyclic) bond motifs is 3. The number of hydrogen-bond donors (Lipinski definition) is 0. The minimum Gasteiger partial charge on any atom is -1.00 e. The van der Waals surface area contributed by atoms with Crippen LogP contribution in [0.1, 0.15) is 84.6 Å². The van der Waals surface area contributed by atoms with Gasteiger partial charge < -0.3 is 24.8 Å². The van der Waals surface area contributed by atoms with Crippen LogP contribution in [0.25, 0.3) is 21.5 Å². The van der Waals surface area contributed by atoms with E-state index in [9.17, 15) is 0 Å². The number of rotatable bonds is 2. The quantitative estimate of drug-likeness (QED) is 0.174. The van der Waals surface area contributed by atoms with E-state index in [-0.39, 0.29) is 35.6 Å². The third kappa shape index (κ3) is 12.1. The summed E-state index contributed by atoms with van der Waals surface area (Å²) in [6, 6.07) is 32.1. The third-order valence-electron chi connectivity index (χ3n) is 8.22. The second kappa shape index (κ2) is 18.3. The molecule has 1 aliphatic rings. The van der Waals surface area contributed by atoms with Crippen molar-refractivity contribution in [2.45, 2.75) is 73.1 Å². The predicted octanol–water partition coefficient (Wildman–Crippen LogP) is 6.72. The van der Waals surface area contributed by atoms with Gasteiger partial charge in [-0.2, -0.15) is 6.08 Å². The number of halogens is 4. The zero-order valence-corrected chi connectivity index (χ0v) is 35.0. The number of allylic oxidation sites excluding steroid dienone is 4. The van der Waals surface area contributed by atoms with Gasteiger partial charge in [0.25, 0.3) is 0 Å². The normalized spacial score (nSPS) is 13.8. The topological polar surface area (TPSA) is 0 Å². The van der Waals surface area contributed by atoms with Crippen molar-refractivity contribution in [1.29, 1.82) is 0 Å². The SMILES string of the molecule is CC(C)(C)c1ccc2[cH-]c3ccc(C(C)(C)C)cc3c2c1.CC1=[C-]C(C)C=C1C.Clc1ccc([CH]=[Zr]=[CH]c2ccc(Cl)cc2)cc1.[Cl-].[Cl-]. The molecule has 0 fully saturated rings. The van der Waals surface area contributed by atoms with Gasteiger partial charge >= 0.3 is 123 Å². The Morgan fingerprint density at radius 2 is 1.04 bits per heavy atom. The fraction of sp³-hybridized carbons (Fsp3) is 0.279. The first kappa shape index (κ1) is 42.2. The van der Waals surface area contributed by atoms with E-state index in [1.165, 1.54) is 54.9 Å². The van der Waals surface area contributed by atoms with Crippen LogP contribution in [0.15, 0.2) is 108 Å². The zero-order chi connectivity index (χ0) is 33.6. The molecule has 0 amide bonds. The second-order valence-electron chi connectivity index (χ2n) is 14.2. The molecule has 1 aliphatic carbocycles. The standard InChI is InChI=1S/C21H25.C8H11.2C7H5Cl.2ClH.Zr/c1-20(2,3)16-9-7-14-11-15-8-10-17(21(4,5)6)13-19(15)18(14)12-16;1-6-4-7(2)8(3)5-6;2*1-6-2-4-7(8)5-3-6;;;/h7-13H,1-6H3;4,6H,1-3H3;2*1-5H;2*1H;/q2*-1;;;;;/p-2. The molecule has 0 spiro atoms. The second-order valence-corrected chi connectivity index (χ2v) is 17.3. The third-order valence-corrected chi connectivity index (χ3v) is 11.2. The molecule has 0 bridgehead atoms. The van der Waals surface area contributed by atoms with Crippen molar-refractivity contribution in [1.82, 2.24) is 0 Å². The van der Waals surface area contributed by atoms with Crippen LogP contribution in [-0.4, -0.2) is 7.42 Å². The monoisotopic (exact) mass is 792 g/mol. The molecule has 254 valence electrons. The van der Waals surface area contributed by atoms with E-state index in [4.69, 9.17) is 23.2 Å². The van der Waals surface area contributed by atoms with E-state index in [0.717, 1.165) is 10.0 Å². The molecule has 1 unspecified atom stereocenters. The van der Waals surface area contributed by atoms with Gasteiger partial charge in [-0.3, -0.25) is 6.08 Å². The first-order chi connectivity index (χ1) is 21.6. The molecule has 5 aromatic rings. The molecule has 0 heterocycles. The van der Waals surface area contributed by atoms with Crippen molar-refractivity contribution in [3.8, 4) is 0 Å². The summed E-state index contributed by atoms with van der Waals surface area (Å²) in [7, 11) is 0. The van der Waals surface area contributed by atoms with Gasteiger partial charge in [-0.15, -0.1) is 46.7 Å². The molecular weight excluding hydrogens is 750 g/mol. The van der Waals surface area contributed by atoms with E-state index < -0.39 is 22.3 Å². The molecule has 0 aliphatic heterocycles. The molecule has 0 saturated heterocycles. The van der Waals surface area contributed by atoms with Crippen LogP contribution < -0.4 is 24.8 Å². The van der Waals surface area contributed by atoms with Crippen LogP contribution in [0.3, 0.4) is 0 Å². The maximum Gasteiger partial charge on any atom is -1.00 e. The van der Waals surface area contributed by atoms with Crippen molar-refractivity contribution in [3.63, 3.8) is 0 Å². The molecule has 0 saturated carbocycles. The van der Waals surface area contributed by atoms with E-state index >= 15 is 0 Å². The fourth-order valence-electron chi connectivity index (χ4n) is 5.28. The minimum absolute atomic E-state index is 0. The average Bonchev–Trinajstić information content (AvgIpc) is 3.51. The number of hydrogen-bond acceptors (Lipinski definition) is 0. The van der Waals surface area contributed by atoms with Crippen LogP contribution >= 0.6 is 23.2 Å². The Balaban J connectivity index is 0.000000267. The molecule has 6 rings (SSSR count). The number of benzene rings is 4. The van der Waals surface area contributed by atoms with Crippen LogP contribution in [0.5, 0.6) is 0 Å². The van der Waals surface area contributed by atoms with Crippen LogP contribution in [0.2, 0.25) is 10.0 Å². The summed E-state index contributed by atoms with van der Waals surface area (Å²) in [5.41, 5.74) is 8.42. The van der Waals surface area contributed by atoms with E-state index in [2.05, 4.69) is 149 Å². The Labute approximate surface area is 322 Å². The minimum atomic E-state index is -0.623. The maximum absolute atomic E-state index is 5.84. The van der Waals surface area contributed by atoms with Gasteiger partial charge in [-0.1, -0.05) is 96.7 Å². The Morgan fingerprint density at radius 1 is 0.646 bits per heavy atom. The van der Waals surface area contributed by atoms with Crippen LogP contribution in [0.4, 0.5) is 0 Å². The summed E-state index contributed by atoms with van der Waals surface area (Å²) in [6.07, 6.45) is 5.52. The summed E-state index contributed by atoms with van der Waals surface area (Å²) < 4.78 is 4.66.